The van der Waals surface area contributed by atoms with Gasteiger partial charge in [-0.05, 0) is 19.8 Å². The number of nitrogens with one attached hydrogen (secondary N) is 2. The zero-order chi connectivity index (χ0) is 12.1. The van der Waals surface area contributed by atoms with E-state index >= 15 is 0 Å². The number of amides is 1. The highest BCUT2D eigenvalue weighted by molar-refractivity contribution is 5.85. The van der Waals surface area contributed by atoms with Crippen molar-refractivity contribution in [1.82, 2.24) is 15.5 Å². The van der Waals surface area contributed by atoms with Crippen LogP contribution in [0.5, 0.6) is 0 Å². The Labute approximate surface area is 128 Å². The maximum Gasteiger partial charge on any atom is 0.237 e. The summed E-state index contributed by atoms with van der Waals surface area (Å²) in [5.41, 5.74) is 0. The number of carbonyl (C=O) groups is 1. The van der Waals surface area contributed by atoms with Crippen LogP contribution in [0.1, 0.15) is 39.0 Å². The summed E-state index contributed by atoms with van der Waals surface area (Å²) < 4.78 is 0. The Hall–Kier alpha value is -0.0300. The highest BCUT2D eigenvalue weighted by Crippen LogP contribution is 2.17. The molecule has 1 heterocycles. The lowest BCUT2D eigenvalue weighted by Gasteiger charge is -2.33. The van der Waals surface area contributed by atoms with E-state index in [9.17, 15) is 4.79 Å². The summed E-state index contributed by atoms with van der Waals surface area (Å²) in [7, 11) is 0. The molecule has 1 aliphatic heterocycles. The second-order valence-electron chi connectivity index (χ2n) is 5.31. The minimum atomic E-state index is 0. The molecule has 0 aromatic heterocycles. The van der Waals surface area contributed by atoms with E-state index in [1.807, 2.05) is 6.92 Å². The fraction of sp³-hybridized carbons (Fsp3) is 0.923. The van der Waals surface area contributed by atoms with E-state index in [4.69, 9.17) is 0 Å². The minimum absolute atomic E-state index is 0. The first kappa shape index (κ1) is 19.0. The number of rotatable bonds is 3. The smallest absolute Gasteiger partial charge is 0.237 e. The lowest BCUT2D eigenvalue weighted by molar-refractivity contribution is -0.127. The third kappa shape index (κ3) is 5.86. The average molecular weight is 312 g/mol. The van der Waals surface area contributed by atoms with Gasteiger partial charge in [0.15, 0.2) is 0 Å². The summed E-state index contributed by atoms with van der Waals surface area (Å²) in [4.78, 5) is 14.4. The molecule has 1 saturated carbocycles. The first-order chi connectivity index (χ1) is 8.27. The molecule has 2 rings (SSSR count). The highest BCUT2D eigenvalue weighted by atomic mass is 35.5. The average Bonchev–Trinajstić information content (AvgIpc) is 2.40. The quantitative estimate of drug-likeness (QED) is 0.831. The van der Waals surface area contributed by atoms with Gasteiger partial charge < -0.3 is 10.6 Å². The molecule has 2 aliphatic rings. The molecule has 0 aromatic carbocycles. The van der Waals surface area contributed by atoms with E-state index in [1.54, 1.807) is 0 Å². The monoisotopic (exact) mass is 311 g/mol. The molecule has 1 unspecified atom stereocenters. The van der Waals surface area contributed by atoms with E-state index < -0.39 is 0 Å². The van der Waals surface area contributed by atoms with Crippen LogP contribution in [0.15, 0.2) is 0 Å². The number of nitrogens with zero attached hydrogens (tertiary/aromatic N) is 1. The maximum absolute atomic E-state index is 12.1. The van der Waals surface area contributed by atoms with Crippen molar-refractivity contribution >= 4 is 30.7 Å². The van der Waals surface area contributed by atoms with Gasteiger partial charge >= 0.3 is 0 Å². The van der Waals surface area contributed by atoms with Crippen molar-refractivity contribution in [2.45, 2.75) is 51.1 Å². The van der Waals surface area contributed by atoms with E-state index in [-0.39, 0.29) is 36.8 Å². The van der Waals surface area contributed by atoms with Crippen molar-refractivity contribution in [3.05, 3.63) is 0 Å². The number of carbonyl (C=O) groups excluding carboxylic acids is 1. The number of hydrogen-bond acceptors (Lipinski definition) is 3. The van der Waals surface area contributed by atoms with Crippen LogP contribution in [-0.4, -0.2) is 49.1 Å². The fourth-order valence-corrected chi connectivity index (χ4v) is 2.80. The molecule has 1 saturated heterocycles. The second kappa shape index (κ2) is 9.81. The molecular formula is C13H27Cl2N3O. The fourth-order valence-electron chi connectivity index (χ4n) is 2.80. The van der Waals surface area contributed by atoms with Crippen molar-refractivity contribution in [2.75, 3.05) is 26.2 Å². The Kier molecular flexibility index (Phi) is 9.79. The molecule has 1 amide bonds. The highest BCUT2D eigenvalue weighted by Gasteiger charge is 2.24. The molecule has 0 radical (unpaired) electrons. The number of hydrogen-bond donors (Lipinski definition) is 2. The zero-order valence-electron chi connectivity index (χ0n) is 11.7. The van der Waals surface area contributed by atoms with Gasteiger partial charge in [0.25, 0.3) is 0 Å². The van der Waals surface area contributed by atoms with E-state index in [0.29, 0.717) is 6.04 Å². The summed E-state index contributed by atoms with van der Waals surface area (Å²) in [6, 6.07) is 0.459. The van der Waals surface area contributed by atoms with Crippen LogP contribution in [0.4, 0.5) is 0 Å². The summed E-state index contributed by atoms with van der Waals surface area (Å²) >= 11 is 0. The van der Waals surface area contributed by atoms with E-state index in [0.717, 1.165) is 26.2 Å². The first-order valence-corrected chi connectivity index (χ1v) is 7.02. The summed E-state index contributed by atoms with van der Waals surface area (Å²) in [5, 5.41) is 6.53. The molecule has 1 atom stereocenters. The van der Waals surface area contributed by atoms with Gasteiger partial charge in [-0.1, -0.05) is 19.3 Å². The third-order valence-corrected chi connectivity index (χ3v) is 4.03. The maximum atomic E-state index is 12.1. The summed E-state index contributed by atoms with van der Waals surface area (Å²) in [6.45, 7) is 6.00. The van der Waals surface area contributed by atoms with Crippen molar-refractivity contribution in [1.29, 1.82) is 0 Å². The molecule has 1 aliphatic carbocycles. The third-order valence-electron chi connectivity index (χ3n) is 4.03. The van der Waals surface area contributed by atoms with Crippen molar-refractivity contribution in [2.24, 2.45) is 0 Å². The molecule has 2 N–H and O–H groups in total. The molecule has 6 heteroatoms. The topological polar surface area (TPSA) is 44.4 Å². The first-order valence-electron chi connectivity index (χ1n) is 7.02. The summed E-state index contributed by atoms with van der Waals surface area (Å²) in [5.74, 6) is 0.221. The van der Waals surface area contributed by atoms with Crippen LogP contribution in [-0.2, 0) is 4.79 Å². The summed E-state index contributed by atoms with van der Waals surface area (Å²) in [6.07, 6.45) is 6.21. The van der Waals surface area contributed by atoms with Gasteiger partial charge in [-0.15, -0.1) is 24.8 Å². The van der Waals surface area contributed by atoms with Crippen molar-refractivity contribution < 1.29 is 4.79 Å². The van der Waals surface area contributed by atoms with Crippen molar-refractivity contribution in [3.8, 4) is 0 Å². The Morgan fingerprint density at radius 2 is 1.74 bits per heavy atom. The lowest BCUT2D eigenvalue weighted by Crippen LogP contribution is -2.54. The second-order valence-corrected chi connectivity index (χ2v) is 5.31. The largest absolute Gasteiger partial charge is 0.352 e. The van der Waals surface area contributed by atoms with Gasteiger partial charge in [0, 0.05) is 32.2 Å². The SMILES string of the molecule is CC(C(=O)NC1CCCCC1)N1CCNCC1.Cl.Cl. The zero-order valence-corrected chi connectivity index (χ0v) is 13.3. The van der Waals surface area contributed by atoms with Gasteiger partial charge in [0.2, 0.25) is 5.91 Å². The molecule has 0 bridgehead atoms. The molecule has 2 fully saturated rings. The van der Waals surface area contributed by atoms with E-state index in [1.165, 1.54) is 32.1 Å². The Balaban J connectivity index is 0.00000162. The Bertz CT molecular complexity index is 254. The number of piperazine rings is 1. The lowest BCUT2D eigenvalue weighted by atomic mass is 9.95. The molecule has 0 aromatic rings. The normalized spacial score (nSPS) is 22.8. The predicted octanol–water partition coefficient (Wildman–Crippen LogP) is 1.57. The number of halogens is 2. The van der Waals surface area contributed by atoms with Crippen LogP contribution in [0.3, 0.4) is 0 Å². The van der Waals surface area contributed by atoms with Crippen LogP contribution in [0, 0.1) is 0 Å². The predicted molar refractivity (Wildman–Crippen MR) is 83.4 cm³/mol. The van der Waals surface area contributed by atoms with Crippen LogP contribution >= 0.6 is 24.8 Å². The van der Waals surface area contributed by atoms with Gasteiger partial charge in [-0.25, -0.2) is 0 Å². The Morgan fingerprint density at radius 1 is 1.16 bits per heavy atom. The van der Waals surface area contributed by atoms with Crippen LogP contribution in [0.2, 0.25) is 0 Å². The minimum Gasteiger partial charge on any atom is -0.352 e. The molecule has 0 spiro atoms. The Morgan fingerprint density at radius 3 is 2.32 bits per heavy atom. The molecule has 114 valence electrons. The van der Waals surface area contributed by atoms with Gasteiger partial charge in [0.1, 0.15) is 0 Å². The van der Waals surface area contributed by atoms with Crippen LogP contribution < -0.4 is 10.6 Å². The standard InChI is InChI=1S/C13H25N3O.2ClH/c1-11(16-9-7-14-8-10-16)13(17)15-12-5-3-2-4-6-12;;/h11-12,14H,2-10H2,1H3,(H,15,17);2*1H. The molecule has 4 nitrogen and oxygen atoms in total. The van der Waals surface area contributed by atoms with Gasteiger partial charge in [-0.3, -0.25) is 9.69 Å². The van der Waals surface area contributed by atoms with Crippen molar-refractivity contribution in [3.63, 3.8) is 0 Å². The van der Waals surface area contributed by atoms with Gasteiger partial charge in [0.05, 0.1) is 6.04 Å². The van der Waals surface area contributed by atoms with Gasteiger partial charge in [-0.2, -0.15) is 0 Å². The van der Waals surface area contributed by atoms with Crippen LogP contribution in [0.25, 0.3) is 0 Å². The van der Waals surface area contributed by atoms with E-state index in [2.05, 4.69) is 15.5 Å². The molecular weight excluding hydrogens is 285 g/mol. The molecule has 19 heavy (non-hydrogen) atoms.